The van der Waals surface area contributed by atoms with Gasteiger partial charge < -0.3 is 4.74 Å². The fourth-order valence-electron chi connectivity index (χ4n) is 2.91. The number of ether oxygens (including phenoxy) is 1. The zero-order valence-corrected chi connectivity index (χ0v) is 13.7. The Kier molecular flexibility index (Phi) is 3.56. The number of nitrogens with zero attached hydrogens (tertiary/aromatic N) is 4. The Morgan fingerprint density at radius 2 is 2.16 bits per heavy atom. The van der Waals surface area contributed by atoms with Crippen LogP contribution in [0.15, 0.2) is 36.5 Å². The van der Waals surface area contributed by atoms with E-state index in [0.29, 0.717) is 29.3 Å². The molecule has 0 bridgehead atoms. The van der Waals surface area contributed by atoms with Crippen LogP contribution in [0.5, 0.6) is 5.75 Å². The van der Waals surface area contributed by atoms with Gasteiger partial charge in [0.2, 0.25) is 5.95 Å². The second-order valence-corrected chi connectivity index (χ2v) is 6.04. The van der Waals surface area contributed by atoms with Gasteiger partial charge in [0.25, 0.3) is 0 Å². The lowest BCUT2D eigenvalue weighted by Crippen LogP contribution is -2.25. The summed E-state index contributed by atoms with van der Waals surface area (Å²) in [6.07, 6.45) is 1.38. The summed E-state index contributed by atoms with van der Waals surface area (Å²) in [4.78, 5) is 15.8. The van der Waals surface area contributed by atoms with Crippen LogP contribution >= 0.6 is 0 Å². The number of Topliss-reactive ketones (excluding diaryl/α,β-unsaturated/α-hetero) is 1. The van der Waals surface area contributed by atoms with Crippen molar-refractivity contribution in [2.45, 2.75) is 13.8 Å². The van der Waals surface area contributed by atoms with Gasteiger partial charge in [0.15, 0.2) is 5.78 Å². The number of halogens is 1. The number of hydrogen-bond donors (Lipinski definition) is 0. The highest BCUT2D eigenvalue weighted by Crippen LogP contribution is 2.32. The monoisotopic (exact) mass is 338 g/mol. The molecule has 0 saturated carbocycles. The van der Waals surface area contributed by atoms with E-state index < -0.39 is 5.95 Å². The van der Waals surface area contributed by atoms with E-state index in [9.17, 15) is 9.18 Å². The molecule has 0 radical (unpaired) electrons. The molecule has 126 valence electrons. The van der Waals surface area contributed by atoms with E-state index in [1.807, 2.05) is 6.92 Å². The molecule has 0 N–H and O–H groups in total. The van der Waals surface area contributed by atoms with Crippen molar-refractivity contribution >= 4 is 5.78 Å². The lowest BCUT2D eigenvalue weighted by atomic mass is 9.95. The van der Waals surface area contributed by atoms with Crippen LogP contribution in [0.3, 0.4) is 0 Å². The third kappa shape index (κ3) is 2.48. The first-order chi connectivity index (χ1) is 12.1. The molecular formula is C18H15FN4O2. The first-order valence-corrected chi connectivity index (χ1v) is 7.91. The lowest BCUT2D eigenvalue weighted by Gasteiger charge is -2.21. The molecule has 0 spiro atoms. The Hall–Kier alpha value is -3.09. The summed E-state index contributed by atoms with van der Waals surface area (Å²) in [5, 5.41) is 8.21. The minimum atomic E-state index is -0.615. The van der Waals surface area contributed by atoms with Crippen molar-refractivity contribution in [3.63, 3.8) is 0 Å². The van der Waals surface area contributed by atoms with E-state index in [1.165, 1.54) is 10.9 Å². The Morgan fingerprint density at radius 3 is 2.96 bits per heavy atom. The molecule has 0 amide bonds. The number of carbonyl (C=O) groups is 1. The van der Waals surface area contributed by atoms with Gasteiger partial charge in [0.05, 0.1) is 23.8 Å². The van der Waals surface area contributed by atoms with Crippen LogP contribution in [0.25, 0.3) is 16.9 Å². The molecule has 1 aliphatic rings. The van der Waals surface area contributed by atoms with Crippen LogP contribution < -0.4 is 4.74 Å². The van der Waals surface area contributed by atoms with E-state index in [2.05, 4.69) is 15.3 Å². The zero-order valence-electron chi connectivity index (χ0n) is 13.7. The van der Waals surface area contributed by atoms with Crippen molar-refractivity contribution in [2.75, 3.05) is 6.61 Å². The number of hydrogen-bond acceptors (Lipinski definition) is 5. The molecule has 0 saturated heterocycles. The van der Waals surface area contributed by atoms with Crippen LogP contribution in [0.2, 0.25) is 0 Å². The van der Waals surface area contributed by atoms with Gasteiger partial charge in [-0.3, -0.25) is 4.79 Å². The van der Waals surface area contributed by atoms with Gasteiger partial charge in [-0.05, 0) is 31.2 Å². The Morgan fingerprint density at radius 1 is 1.32 bits per heavy atom. The Balaban J connectivity index is 1.77. The molecule has 1 unspecified atom stereocenters. The van der Waals surface area contributed by atoms with Crippen molar-refractivity contribution in [3.05, 3.63) is 53.7 Å². The molecule has 1 atom stereocenters. The number of pyridine rings is 1. The summed E-state index contributed by atoms with van der Waals surface area (Å²) < 4.78 is 21.0. The van der Waals surface area contributed by atoms with Crippen molar-refractivity contribution in [3.8, 4) is 22.7 Å². The fourth-order valence-corrected chi connectivity index (χ4v) is 2.91. The van der Waals surface area contributed by atoms with E-state index in [-0.39, 0.29) is 17.4 Å². The highest BCUT2D eigenvalue weighted by Gasteiger charge is 2.26. The molecule has 25 heavy (non-hydrogen) atoms. The molecule has 0 fully saturated rings. The summed E-state index contributed by atoms with van der Waals surface area (Å²) in [5.74, 6) is -0.141. The predicted octanol–water partition coefficient (Wildman–Crippen LogP) is 2.99. The van der Waals surface area contributed by atoms with Gasteiger partial charge in [-0.25, -0.2) is 9.67 Å². The number of rotatable bonds is 2. The summed E-state index contributed by atoms with van der Waals surface area (Å²) in [5.41, 5.74) is 2.83. The standard InChI is InChI=1S/C18H15FN4O2/c1-10-9-25-15-8-12(5-6-13(15)17(10)24)16-11(2)23(22-21-16)14-4-3-7-20-18(14)19/h3-8,10H,9H2,1-2H3. The number of ketones is 1. The third-order valence-corrected chi connectivity index (χ3v) is 4.32. The number of carbonyl (C=O) groups excluding carboxylic acids is 1. The number of benzene rings is 1. The van der Waals surface area contributed by atoms with Gasteiger partial charge in [-0.15, -0.1) is 5.10 Å². The normalized spacial score (nSPS) is 16.4. The zero-order chi connectivity index (χ0) is 17.6. The molecule has 2 aromatic heterocycles. The van der Waals surface area contributed by atoms with E-state index in [0.717, 1.165) is 5.56 Å². The highest BCUT2D eigenvalue weighted by atomic mass is 19.1. The van der Waals surface area contributed by atoms with Crippen LogP contribution in [0, 0.1) is 18.8 Å². The van der Waals surface area contributed by atoms with Crippen molar-refractivity contribution < 1.29 is 13.9 Å². The van der Waals surface area contributed by atoms with E-state index in [4.69, 9.17) is 4.74 Å². The topological polar surface area (TPSA) is 69.9 Å². The molecule has 1 aliphatic heterocycles. The average Bonchev–Trinajstić information content (AvgIpc) is 3.00. The number of aromatic nitrogens is 4. The molecule has 6 nitrogen and oxygen atoms in total. The first kappa shape index (κ1) is 15.4. The highest BCUT2D eigenvalue weighted by molar-refractivity contribution is 6.01. The second-order valence-electron chi connectivity index (χ2n) is 6.04. The molecule has 3 aromatic rings. The van der Waals surface area contributed by atoms with Crippen LogP contribution in [0.1, 0.15) is 23.0 Å². The van der Waals surface area contributed by atoms with Crippen LogP contribution in [0.4, 0.5) is 4.39 Å². The summed E-state index contributed by atoms with van der Waals surface area (Å²) in [6.45, 7) is 4.01. The fraction of sp³-hybridized carbons (Fsp3) is 0.222. The molecule has 3 heterocycles. The summed E-state index contributed by atoms with van der Waals surface area (Å²) in [7, 11) is 0. The predicted molar refractivity (Wildman–Crippen MR) is 88.3 cm³/mol. The van der Waals surface area contributed by atoms with Crippen molar-refractivity contribution in [1.82, 2.24) is 20.0 Å². The van der Waals surface area contributed by atoms with Crippen molar-refractivity contribution in [1.29, 1.82) is 0 Å². The lowest BCUT2D eigenvalue weighted by molar-refractivity contribution is 0.0849. The van der Waals surface area contributed by atoms with E-state index >= 15 is 0 Å². The van der Waals surface area contributed by atoms with Gasteiger partial charge in [0, 0.05) is 11.8 Å². The Labute approximate surface area is 143 Å². The quantitative estimate of drug-likeness (QED) is 0.672. The maximum atomic E-state index is 13.9. The SMILES string of the molecule is Cc1c(-c2ccc3c(c2)OCC(C)C3=O)nnn1-c1cccnc1F. The molecule has 7 heteroatoms. The average molecular weight is 338 g/mol. The molecule has 0 aliphatic carbocycles. The largest absolute Gasteiger partial charge is 0.492 e. The molecular weight excluding hydrogens is 323 g/mol. The maximum Gasteiger partial charge on any atom is 0.238 e. The van der Waals surface area contributed by atoms with Gasteiger partial charge in [0.1, 0.15) is 17.1 Å². The van der Waals surface area contributed by atoms with Crippen LogP contribution in [-0.4, -0.2) is 32.4 Å². The van der Waals surface area contributed by atoms with Crippen molar-refractivity contribution in [2.24, 2.45) is 5.92 Å². The first-order valence-electron chi connectivity index (χ1n) is 7.91. The second kappa shape index (κ2) is 5.77. The van der Waals surface area contributed by atoms with E-state index in [1.54, 1.807) is 37.3 Å². The number of fused-ring (bicyclic) bond motifs is 1. The smallest absolute Gasteiger partial charge is 0.238 e. The molecule has 4 rings (SSSR count). The van der Waals surface area contributed by atoms with Crippen LogP contribution in [-0.2, 0) is 0 Å². The Bertz CT molecular complexity index is 983. The minimum Gasteiger partial charge on any atom is -0.492 e. The summed E-state index contributed by atoms with van der Waals surface area (Å²) in [6, 6.07) is 8.55. The van der Waals surface area contributed by atoms with Gasteiger partial charge in [-0.2, -0.15) is 4.39 Å². The third-order valence-electron chi connectivity index (χ3n) is 4.32. The maximum absolute atomic E-state index is 13.9. The summed E-state index contributed by atoms with van der Waals surface area (Å²) >= 11 is 0. The minimum absolute atomic E-state index is 0.0746. The van der Waals surface area contributed by atoms with Gasteiger partial charge >= 0.3 is 0 Å². The van der Waals surface area contributed by atoms with Gasteiger partial charge in [-0.1, -0.05) is 18.2 Å². The molecule has 1 aromatic carbocycles.